The maximum atomic E-state index is 12.8. The number of hydrogen-bond donors (Lipinski definition) is 2. The summed E-state index contributed by atoms with van der Waals surface area (Å²) >= 11 is 7.69. The Morgan fingerprint density at radius 1 is 1.17 bits per heavy atom. The molecule has 1 atom stereocenters. The number of amides is 2. The minimum Gasteiger partial charge on any atom is -0.493 e. The number of halogens is 1. The Labute approximate surface area is 247 Å². The van der Waals surface area contributed by atoms with Gasteiger partial charge in [0, 0.05) is 30.1 Å². The quantitative estimate of drug-likeness (QED) is 0.269. The van der Waals surface area contributed by atoms with Crippen LogP contribution >= 0.6 is 22.9 Å². The van der Waals surface area contributed by atoms with E-state index in [9.17, 15) is 14.4 Å². The minimum atomic E-state index is -1.26. The van der Waals surface area contributed by atoms with Gasteiger partial charge in [-0.25, -0.2) is 9.78 Å². The number of carbonyl (C=O) groups is 3. The van der Waals surface area contributed by atoms with Crippen molar-refractivity contribution < 1.29 is 28.6 Å². The van der Waals surface area contributed by atoms with E-state index in [1.165, 1.54) is 63.5 Å². The van der Waals surface area contributed by atoms with Gasteiger partial charge in [0.15, 0.2) is 0 Å². The second-order valence-corrected chi connectivity index (χ2v) is 11.5. The van der Waals surface area contributed by atoms with Gasteiger partial charge in [-0.05, 0) is 69.9 Å². The molecule has 3 aromatic rings. The van der Waals surface area contributed by atoms with Gasteiger partial charge in [-0.2, -0.15) is 0 Å². The van der Waals surface area contributed by atoms with Crippen LogP contribution in [0, 0.1) is 5.92 Å². The summed E-state index contributed by atoms with van der Waals surface area (Å²) in [4.78, 5) is 46.4. The Bertz CT molecular complexity index is 1450. The minimum absolute atomic E-state index is 0.00413. The molecule has 0 bridgehead atoms. The summed E-state index contributed by atoms with van der Waals surface area (Å²) in [7, 11) is 1.23. The van der Waals surface area contributed by atoms with Crippen molar-refractivity contribution in [3.8, 4) is 16.7 Å². The molecule has 10 nitrogen and oxygen atoms in total. The maximum absolute atomic E-state index is 12.8. The molecule has 2 heterocycles. The summed E-state index contributed by atoms with van der Waals surface area (Å²) in [5, 5.41) is 6.27. The van der Waals surface area contributed by atoms with E-state index in [4.69, 9.17) is 25.8 Å². The van der Waals surface area contributed by atoms with Crippen molar-refractivity contribution in [2.45, 2.75) is 45.2 Å². The Kier molecular flexibility index (Phi) is 9.61. The fourth-order valence-corrected chi connectivity index (χ4v) is 4.47. The highest BCUT2D eigenvalue weighted by Gasteiger charge is 2.31. The third kappa shape index (κ3) is 8.51. The largest absolute Gasteiger partial charge is 0.493 e. The van der Waals surface area contributed by atoms with Gasteiger partial charge in [0.1, 0.15) is 22.7 Å². The highest BCUT2D eigenvalue weighted by molar-refractivity contribution is 7.14. The van der Waals surface area contributed by atoms with Gasteiger partial charge in [0.25, 0.3) is 17.0 Å². The summed E-state index contributed by atoms with van der Waals surface area (Å²) in [6, 6.07) is 7.84. The number of aromatic nitrogens is 2. The number of hydrogen-bond acceptors (Lipinski definition) is 9. The van der Waals surface area contributed by atoms with E-state index in [0.29, 0.717) is 34.2 Å². The van der Waals surface area contributed by atoms with E-state index < -0.39 is 23.3 Å². The molecule has 0 saturated heterocycles. The fraction of sp³-hybridized carbons (Fsp3) is 0.345. The molecule has 216 valence electrons. The Morgan fingerprint density at radius 2 is 1.95 bits per heavy atom. The maximum Gasteiger partial charge on any atom is 0.330 e. The van der Waals surface area contributed by atoms with Crippen molar-refractivity contribution in [1.29, 1.82) is 0 Å². The van der Waals surface area contributed by atoms with Crippen molar-refractivity contribution in [3.05, 3.63) is 70.0 Å². The molecule has 2 N–H and O–H groups in total. The summed E-state index contributed by atoms with van der Waals surface area (Å²) in [5.41, 5.74) is -1.01. The molecule has 1 aliphatic carbocycles. The molecular weight excluding hydrogens is 568 g/mol. The van der Waals surface area contributed by atoms with E-state index in [1.54, 1.807) is 18.3 Å². The molecule has 1 fully saturated rings. The molecule has 2 amide bonds. The predicted molar refractivity (Wildman–Crippen MR) is 156 cm³/mol. The predicted octanol–water partition coefficient (Wildman–Crippen LogP) is 5.29. The molecule has 2 aromatic heterocycles. The molecule has 4 rings (SSSR count). The average molecular weight is 599 g/mol. The number of thiazole rings is 1. The normalized spacial score (nSPS) is 13.9. The highest BCUT2D eigenvalue weighted by atomic mass is 35.5. The molecule has 1 aliphatic rings. The van der Waals surface area contributed by atoms with E-state index in [0.717, 1.165) is 4.88 Å². The van der Waals surface area contributed by atoms with Crippen LogP contribution in [0.4, 0.5) is 0 Å². The van der Waals surface area contributed by atoms with Crippen LogP contribution in [0.2, 0.25) is 5.02 Å². The van der Waals surface area contributed by atoms with Gasteiger partial charge in [-0.15, -0.1) is 0 Å². The number of nitrogens with one attached hydrogen (secondary N) is 2. The van der Waals surface area contributed by atoms with Gasteiger partial charge in [-0.1, -0.05) is 29.0 Å². The Hall–Kier alpha value is -3.96. The smallest absolute Gasteiger partial charge is 0.330 e. The average Bonchev–Trinajstić information content (AvgIpc) is 3.68. The summed E-state index contributed by atoms with van der Waals surface area (Å²) in [5.74, 6) is 0.241. The molecule has 0 radical (unpaired) electrons. The molecule has 0 spiro atoms. The molecule has 12 heteroatoms. The second-order valence-electron chi connectivity index (χ2n) is 10.1. The van der Waals surface area contributed by atoms with Crippen molar-refractivity contribution in [2.24, 2.45) is 5.92 Å². The van der Waals surface area contributed by atoms with Gasteiger partial charge in [-0.3, -0.25) is 14.6 Å². The monoisotopic (exact) mass is 598 g/mol. The van der Waals surface area contributed by atoms with Crippen molar-refractivity contribution in [1.82, 2.24) is 20.6 Å². The molecular formula is C29H31ClN4O6S. The third-order valence-electron chi connectivity index (χ3n) is 6.07. The first kappa shape index (κ1) is 30.0. The van der Waals surface area contributed by atoms with Crippen LogP contribution in [0.1, 0.15) is 59.3 Å². The number of ether oxygens (including phenoxy) is 3. The van der Waals surface area contributed by atoms with Crippen LogP contribution in [0.25, 0.3) is 6.08 Å². The first-order valence-corrected chi connectivity index (χ1v) is 14.2. The number of benzene rings is 1. The number of nitrogens with zero attached hydrogens (tertiary/aromatic N) is 2. The number of methoxy groups -OCH3 is 1. The van der Waals surface area contributed by atoms with Crippen LogP contribution in [-0.4, -0.2) is 53.0 Å². The summed E-state index contributed by atoms with van der Waals surface area (Å²) in [6.45, 7) is 5.54. The van der Waals surface area contributed by atoms with E-state index in [1.807, 2.05) is 25.1 Å². The van der Waals surface area contributed by atoms with Crippen LogP contribution < -0.4 is 20.1 Å². The Morgan fingerprint density at radius 3 is 2.66 bits per heavy atom. The standard InChI is InChI=1S/C29H31ClN4O6S/c1-17(33-25(35)19-11-12-31-23(13-19)26(36)34-29(2,3)27(37)38-4)5-9-21-15-32-28(41-21)40-24-10-8-20(14-22(24)30)39-16-18-6-7-18/h5,8-15,17-18H,6-7,16H2,1-4H3,(H,33,35)(H,34,36)/t17-/m0/s1. The van der Waals surface area contributed by atoms with Crippen LogP contribution in [-0.2, 0) is 9.53 Å². The third-order valence-corrected chi connectivity index (χ3v) is 7.21. The van der Waals surface area contributed by atoms with E-state index in [2.05, 4.69) is 20.6 Å². The highest BCUT2D eigenvalue weighted by Crippen LogP contribution is 2.35. The molecule has 1 aromatic carbocycles. The van der Waals surface area contributed by atoms with Crippen LogP contribution in [0.3, 0.4) is 0 Å². The molecule has 0 aliphatic heterocycles. The molecule has 1 saturated carbocycles. The van der Waals surface area contributed by atoms with Crippen LogP contribution in [0.5, 0.6) is 16.7 Å². The van der Waals surface area contributed by atoms with Crippen molar-refractivity contribution in [3.63, 3.8) is 0 Å². The van der Waals surface area contributed by atoms with Gasteiger partial charge in [0.2, 0.25) is 0 Å². The Balaban J connectivity index is 1.30. The van der Waals surface area contributed by atoms with Gasteiger partial charge < -0.3 is 24.8 Å². The topological polar surface area (TPSA) is 129 Å². The lowest BCUT2D eigenvalue weighted by molar-refractivity contribution is -0.146. The van der Waals surface area contributed by atoms with Crippen molar-refractivity contribution >= 4 is 46.8 Å². The zero-order chi connectivity index (χ0) is 29.6. The van der Waals surface area contributed by atoms with Gasteiger partial charge in [0.05, 0.1) is 23.6 Å². The van der Waals surface area contributed by atoms with Gasteiger partial charge >= 0.3 is 5.97 Å². The SMILES string of the molecule is COC(=O)C(C)(C)NC(=O)c1cc(C(=O)N[C@@H](C)C=Cc2cnc(Oc3ccc(OCC4CC4)cc3Cl)s2)ccn1. The molecule has 41 heavy (non-hydrogen) atoms. The van der Waals surface area contributed by atoms with E-state index >= 15 is 0 Å². The van der Waals surface area contributed by atoms with Crippen LogP contribution in [0.15, 0.2) is 48.8 Å². The lowest BCUT2D eigenvalue weighted by Gasteiger charge is -2.22. The number of pyridine rings is 1. The summed E-state index contributed by atoms with van der Waals surface area (Å²) < 4.78 is 16.3. The fourth-order valence-electron chi connectivity index (χ4n) is 3.57. The number of esters is 1. The lowest BCUT2D eigenvalue weighted by Crippen LogP contribution is -2.50. The lowest BCUT2D eigenvalue weighted by atomic mass is 10.1. The number of carbonyl (C=O) groups excluding carboxylic acids is 3. The van der Waals surface area contributed by atoms with Crippen molar-refractivity contribution in [2.75, 3.05) is 13.7 Å². The summed E-state index contributed by atoms with van der Waals surface area (Å²) in [6.07, 6.45) is 9.08. The second kappa shape index (κ2) is 13.1. The first-order chi connectivity index (χ1) is 19.5. The first-order valence-electron chi connectivity index (χ1n) is 13.0. The zero-order valence-electron chi connectivity index (χ0n) is 23.1. The zero-order valence-corrected chi connectivity index (χ0v) is 24.7. The van der Waals surface area contributed by atoms with E-state index in [-0.39, 0.29) is 17.3 Å². The number of rotatable bonds is 12. The molecule has 0 unspecified atom stereocenters.